The Bertz CT molecular complexity index is 314. The van der Waals surface area contributed by atoms with Crippen LogP contribution in [0.2, 0.25) is 0 Å². The van der Waals surface area contributed by atoms with Crippen molar-refractivity contribution in [2.24, 2.45) is 11.1 Å². The summed E-state index contributed by atoms with van der Waals surface area (Å²) in [5.74, 6) is -3.44. The predicted octanol–water partition coefficient (Wildman–Crippen LogP) is 0.441. The van der Waals surface area contributed by atoms with Gasteiger partial charge in [-0.2, -0.15) is 8.78 Å². The van der Waals surface area contributed by atoms with Crippen LogP contribution in [-0.4, -0.2) is 25.7 Å². The molecule has 0 bridgehead atoms. The van der Waals surface area contributed by atoms with E-state index in [4.69, 9.17) is 5.73 Å². The lowest BCUT2D eigenvalue weighted by atomic mass is 9.94. The third-order valence-corrected chi connectivity index (χ3v) is 3.19. The fourth-order valence-corrected chi connectivity index (χ4v) is 1.19. The molecule has 0 aliphatic rings. The van der Waals surface area contributed by atoms with Crippen molar-refractivity contribution in [3.63, 3.8) is 0 Å². The van der Waals surface area contributed by atoms with E-state index >= 15 is 0 Å². The van der Waals surface area contributed by atoms with Gasteiger partial charge in [-0.25, -0.2) is 13.1 Å². The molecule has 0 aromatic carbocycles. The maximum absolute atomic E-state index is 11.9. The van der Waals surface area contributed by atoms with Gasteiger partial charge < -0.3 is 5.73 Å². The van der Waals surface area contributed by atoms with Crippen LogP contribution in [0.5, 0.6) is 0 Å². The van der Waals surface area contributed by atoms with Gasteiger partial charge in [0, 0.05) is 12.0 Å². The second-order valence-electron chi connectivity index (χ2n) is 3.37. The highest BCUT2D eigenvalue weighted by Crippen LogP contribution is 2.14. The molecule has 0 aromatic heterocycles. The molecule has 0 spiro atoms. The Labute approximate surface area is 86.9 Å². The molecular formula is C6H12F2N2O2S2. The van der Waals surface area contributed by atoms with Crippen LogP contribution in [0, 0.1) is 5.41 Å². The zero-order valence-electron chi connectivity index (χ0n) is 7.75. The van der Waals surface area contributed by atoms with Crippen molar-refractivity contribution in [3.05, 3.63) is 0 Å². The van der Waals surface area contributed by atoms with Crippen molar-refractivity contribution >= 4 is 27.2 Å². The van der Waals surface area contributed by atoms with E-state index in [1.165, 1.54) is 0 Å². The first kappa shape index (κ1) is 13.7. The number of rotatable bonds is 5. The lowest BCUT2D eigenvalue weighted by Gasteiger charge is -2.22. The quantitative estimate of drug-likeness (QED) is 0.690. The first-order valence-corrected chi connectivity index (χ1v) is 5.61. The van der Waals surface area contributed by atoms with Gasteiger partial charge in [0.1, 0.15) is 0 Å². The van der Waals surface area contributed by atoms with Crippen molar-refractivity contribution in [2.45, 2.75) is 19.6 Å². The van der Waals surface area contributed by atoms with Gasteiger partial charge in [0.05, 0.1) is 4.99 Å². The summed E-state index contributed by atoms with van der Waals surface area (Å²) in [6, 6.07) is 0. The lowest BCUT2D eigenvalue weighted by molar-refractivity contribution is 0.231. The minimum atomic E-state index is -4.56. The summed E-state index contributed by atoms with van der Waals surface area (Å²) < 4.78 is 46.8. The van der Waals surface area contributed by atoms with Gasteiger partial charge in [0.25, 0.3) is 10.0 Å². The van der Waals surface area contributed by atoms with E-state index in [1.807, 2.05) is 0 Å². The normalized spacial score (nSPS) is 13.2. The maximum atomic E-state index is 11.9. The second-order valence-corrected chi connectivity index (χ2v) is 5.55. The third kappa shape index (κ3) is 3.81. The minimum Gasteiger partial charge on any atom is -0.393 e. The van der Waals surface area contributed by atoms with E-state index in [2.05, 4.69) is 12.2 Å². The molecular weight excluding hydrogens is 234 g/mol. The van der Waals surface area contributed by atoms with Crippen molar-refractivity contribution in [2.75, 3.05) is 6.54 Å². The topological polar surface area (TPSA) is 72.2 Å². The number of hydrogen-bond donors (Lipinski definition) is 2. The molecule has 4 nitrogen and oxygen atoms in total. The van der Waals surface area contributed by atoms with Crippen molar-refractivity contribution in [1.82, 2.24) is 4.72 Å². The molecule has 0 saturated heterocycles. The van der Waals surface area contributed by atoms with Gasteiger partial charge in [-0.3, -0.25) is 0 Å². The molecule has 0 aliphatic carbocycles. The van der Waals surface area contributed by atoms with Gasteiger partial charge >= 0.3 is 5.76 Å². The number of thiocarbonyl (C=S) groups is 1. The molecule has 0 unspecified atom stereocenters. The van der Waals surface area contributed by atoms with Crippen LogP contribution in [0.3, 0.4) is 0 Å². The van der Waals surface area contributed by atoms with Crippen LogP contribution in [0.25, 0.3) is 0 Å². The third-order valence-electron chi connectivity index (χ3n) is 1.62. The average Bonchev–Trinajstić information content (AvgIpc) is 2.01. The molecule has 0 atom stereocenters. The van der Waals surface area contributed by atoms with E-state index in [9.17, 15) is 17.2 Å². The summed E-state index contributed by atoms with van der Waals surface area (Å²) in [6.45, 7) is 2.88. The van der Waals surface area contributed by atoms with Gasteiger partial charge in [0.2, 0.25) is 0 Å². The summed E-state index contributed by atoms with van der Waals surface area (Å²) in [6.07, 6.45) is 0. The summed E-state index contributed by atoms with van der Waals surface area (Å²) in [7, 11) is -4.56. The van der Waals surface area contributed by atoms with Crippen LogP contribution in [0.1, 0.15) is 13.8 Å². The average molecular weight is 246 g/mol. The summed E-state index contributed by atoms with van der Waals surface area (Å²) in [5, 5.41) is 0. The Hall–Kier alpha value is -0.340. The van der Waals surface area contributed by atoms with Gasteiger partial charge in [0.15, 0.2) is 0 Å². The molecule has 0 amide bonds. The summed E-state index contributed by atoms with van der Waals surface area (Å²) >= 11 is 4.64. The lowest BCUT2D eigenvalue weighted by Crippen LogP contribution is -2.42. The number of hydrogen-bond acceptors (Lipinski definition) is 3. The molecule has 0 aromatic rings. The Balaban J connectivity index is 4.41. The van der Waals surface area contributed by atoms with E-state index < -0.39 is 21.2 Å². The zero-order valence-corrected chi connectivity index (χ0v) is 9.38. The van der Waals surface area contributed by atoms with Crippen LogP contribution < -0.4 is 10.5 Å². The van der Waals surface area contributed by atoms with E-state index in [1.54, 1.807) is 18.6 Å². The first-order valence-electron chi connectivity index (χ1n) is 3.66. The van der Waals surface area contributed by atoms with Gasteiger partial charge in [-0.1, -0.05) is 26.1 Å². The van der Waals surface area contributed by atoms with Crippen molar-refractivity contribution in [3.8, 4) is 0 Å². The molecule has 84 valence electrons. The van der Waals surface area contributed by atoms with Gasteiger partial charge in [-0.05, 0) is 0 Å². The largest absolute Gasteiger partial charge is 0.393 e. The molecule has 0 rings (SSSR count). The Morgan fingerprint density at radius 1 is 1.57 bits per heavy atom. The number of nitrogens with two attached hydrogens (primary N) is 1. The first-order chi connectivity index (χ1) is 6.09. The summed E-state index contributed by atoms with van der Waals surface area (Å²) in [4.78, 5) is 0.0643. The maximum Gasteiger partial charge on any atom is 0.350 e. The van der Waals surface area contributed by atoms with E-state index in [-0.39, 0.29) is 11.5 Å². The highest BCUT2D eigenvalue weighted by Gasteiger charge is 2.28. The molecule has 0 heterocycles. The number of halogens is 2. The Kier molecular flexibility index (Phi) is 4.34. The second kappa shape index (κ2) is 4.45. The fraction of sp³-hybridized carbons (Fsp3) is 0.833. The van der Waals surface area contributed by atoms with Gasteiger partial charge in [-0.15, -0.1) is 0 Å². The molecule has 0 radical (unpaired) electrons. The van der Waals surface area contributed by atoms with E-state index in [0.717, 1.165) is 0 Å². The number of alkyl halides is 2. The van der Waals surface area contributed by atoms with Crippen molar-refractivity contribution in [1.29, 1.82) is 0 Å². The van der Waals surface area contributed by atoms with Crippen LogP contribution in [0.15, 0.2) is 0 Å². The molecule has 0 fully saturated rings. The smallest absolute Gasteiger partial charge is 0.350 e. The fourth-order valence-electron chi connectivity index (χ4n) is 0.431. The zero-order chi connectivity index (χ0) is 11.6. The molecule has 14 heavy (non-hydrogen) atoms. The number of nitrogens with one attached hydrogen (secondary N) is 1. The number of sulfonamides is 1. The highest BCUT2D eigenvalue weighted by atomic mass is 32.2. The predicted molar refractivity (Wildman–Crippen MR) is 53.5 cm³/mol. The van der Waals surface area contributed by atoms with E-state index in [0.29, 0.717) is 0 Å². The standard InChI is InChI=1S/C6H12F2N2O2S2/c1-6(2,4(9)13)3-10-14(11,12)5(7)8/h5,10H,3H2,1-2H3,(H2,9,13). The van der Waals surface area contributed by atoms with Crippen LogP contribution >= 0.6 is 12.2 Å². The highest BCUT2D eigenvalue weighted by molar-refractivity contribution is 7.89. The molecule has 3 N–H and O–H groups in total. The molecule has 0 aliphatic heterocycles. The minimum absolute atomic E-state index is 0.0643. The molecule has 8 heteroatoms. The Morgan fingerprint density at radius 3 is 2.29 bits per heavy atom. The summed E-state index contributed by atoms with van der Waals surface area (Å²) in [5.41, 5.74) is 4.46. The SMILES string of the molecule is CC(C)(CNS(=O)(=O)C(F)F)C(N)=S. The van der Waals surface area contributed by atoms with Crippen molar-refractivity contribution < 1.29 is 17.2 Å². The van der Waals surface area contributed by atoms with Crippen LogP contribution in [0.4, 0.5) is 8.78 Å². The molecule has 0 saturated carbocycles. The monoisotopic (exact) mass is 246 g/mol. The Morgan fingerprint density at radius 2 is 2.00 bits per heavy atom. The van der Waals surface area contributed by atoms with Crippen LogP contribution in [-0.2, 0) is 10.0 Å².